The standard InChI is InChI=1S/C15H23NO3S/c1-3-20-7-6-11(2)16-9-13(17)12-4-5-14-15(8-12)19-10-18-14/h4-5,8,11,13,16-17H,3,6-7,9-10H2,1-2H3. The second-order valence-corrected chi connectivity index (χ2v) is 6.32. The van der Waals surface area contributed by atoms with Gasteiger partial charge in [0.25, 0.3) is 0 Å². The molecule has 0 saturated heterocycles. The Balaban J connectivity index is 1.78. The van der Waals surface area contributed by atoms with Crippen molar-refractivity contribution >= 4 is 11.8 Å². The smallest absolute Gasteiger partial charge is 0.231 e. The minimum absolute atomic E-state index is 0.263. The number of ether oxygens (including phenoxy) is 2. The molecule has 5 heteroatoms. The van der Waals surface area contributed by atoms with Crippen LogP contribution >= 0.6 is 11.8 Å². The third kappa shape index (κ3) is 4.30. The van der Waals surface area contributed by atoms with Gasteiger partial charge in [0.15, 0.2) is 11.5 Å². The van der Waals surface area contributed by atoms with Gasteiger partial charge in [-0.05, 0) is 42.5 Å². The molecule has 0 bridgehead atoms. The average Bonchev–Trinajstić information content (AvgIpc) is 2.92. The Morgan fingerprint density at radius 2 is 2.15 bits per heavy atom. The Kier molecular flexibility index (Phi) is 6.01. The predicted molar refractivity (Wildman–Crippen MR) is 82.6 cm³/mol. The van der Waals surface area contributed by atoms with Gasteiger partial charge in [-0.2, -0.15) is 11.8 Å². The van der Waals surface area contributed by atoms with Crippen molar-refractivity contribution < 1.29 is 14.6 Å². The van der Waals surface area contributed by atoms with Gasteiger partial charge < -0.3 is 19.9 Å². The average molecular weight is 297 g/mol. The highest BCUT2D eigenvalue weighted by Crippen LogP contribution is 2.34. The molecular weight excluding hydrogens is 274 g/mol. The van der Waals surface area contributed by atoms with Gasteiger partial charge in [-0.15, -0.1) is 0 Å². The lowest BCUT2D eigenvalue weighted by Gasteiger charge is -2.17. The molecule has 2 rings (SSSR count). The van der Waals surface area contributed by atoms with E-state index in [2.05, 4.69) is 19.2 Å². The van der Waals surface area contributed by atoms with Crippen molar-refractivity contribution in [1.29, 1.82) is 0 Å². The highest BCUT2D eigenvalue weighted by molar-refractivity contribution is 7.99. The summed E-state index contributed by atoms with van der Waals surface area (Å²) in [5, 5.41) is 13.6. The summed E-state index contributed by atoms with van der Waals surface area (Å²) >= 11 is 1.95. The molecule has 2 N–H and O–H groups in total. The fourth-order valence-corrected chi connectivity index (χ4v) is 2.87. The van der Waals surface area contributed by atoms with Crippen LogP contribution in [-0.4, -0.2) is 36.0 Å². The minimum Gasteiger partial charge on any atom is -0.454 e. The van der Waals surface area contributed by atoms with E-state index in [4.69, 9.17) is 9.47 Å². The molecule has 0 fully saturated rings. The van der Waals surface area contributed by atoms with E-state index in [1.165, 1.54) is 0 Å². The number of benzene rings is 1. The zero-order valence-electron chi connectivity index (χ0n) is 12.1. The number of rotatable bonds is 8. The summed E-state index contributed by atoms with van der Waals surface area (Å²) in [6, 6.07) is 6.00. The van der Waals surface area contributed by atoms with E-state index >= 15 is 0 Å². The molecular formula is C15H23NO3S. The normalized spacial score (nSPS) is 16.1. The molecule has 4 nitrogen and oxygen atoms in total. The molecule has 1 aromatic rings. The number of hydrogen-bond acceptors (Lipinski definition) is 5. The van der Waals surface area contributed by atoms with Gasteiger partial charge in [-0.3, -0.25) is 0 Å². The summed E-state index contributed by atoms with van der Waals surface area (Å²) in [6.45, 7) is 5.14. The fraction of sp³-hybridized carbons (Fsp3) is 0.600. The van der Waals surface area contributed by atoms with Crippen molar-refractivity contribution in [2.75, 3.05) is 24.8 Å². The Morgan fingerprint density at radius 3 is 2.95 bits per heavy atom. The van der Waals surface area contributed by atoms with Crippen LogP contribution in [0.3, 0.4) is 0 Å². The van der Waals surface area contributed by atoms with Gasteiger partial charge in [0.2, 0.25) is 6.79 Å². The Morgan fingerprint density at radius 1 is 1.35 bits per heavy atom. The van der Waals surface area contributed by atoms with Crippen LogP contribution in [0.4, 0.5) is 0 Å². The Hall–Kier alpha value is -0.910. The zero-order valence-corrected chi connectivity index (χ0v) is 12.9. The van der Waals surface area contributed by atoms with E-state index in [9.17, 15) is 5.11 Å². The SMILES string of the molecule is CCSCCC(C)NCC(O)c1ccc2c(c1)OCO2. The van der Waals surface area contributed by atoms with Crippen LogP contribution in [0.5, 0.6) is 11.5 Å². The molecule has 112 valence electrons. The van der Waals surface area contributed by atoms with Crippen molar-refractivity contribution in [3.63, 3.8) is 0 Å². The molecule has 0 spiro atoms. The molecule has 1 aliphatic rings. The van der Waals surface area contributed by atoms with E-state index in [-0.39, 0.29) is 6.79 Å². The topological polar surface area (TPSA) is 50.7 Å². The maximum Gasteiger partial charge on any atom is 0.231 e. The summed E-state index contributed by atoms with van der Waals surface area (Å²) in [5.74, 6) is 3.78. The van der Waals surface area contributed by atoms with E-state index in [1.807, 2.05) is 30.0 Å². The predicted octanol–water partition coefficient (Wildman–Crippen LogP) is 2.57. The molecule has 0 saturated carbocycles. The Bertz CT molecular complexity index is 428. The number of nitrogens with one attached hydrogen (secondary N) is 1. The summed E-state index contributed by atoms with van der Waals surface area (Å²) < 4.78 is 10.6. The molecule has 2 atom stereocenters. The quantitative estimate of drug-likeness (QED) is 0.722. The first-order chi connectivity index (χ1) is 9.70. The first-order valence-electron chi connectivity index (χ1n) is 7.09. The van der Waals surface area contributed by atoms with Crippen molar-refractivity contribution in [1.82, 2.24) is 5.32 Å². The molecule has 0 aliphatic carbocycles. The van der Waals surface area contributed by atoms with E-state index < -0.39 is 6.10 Å². The number of hydrogen-bond donors (Lipinski definition) is 2. The third-order valence-electron chi connectivity index (χ3n) is 3.34. The molecule has 1 heterocycles. The lowest BCUT2D eigenvalue weighted by molar-refractivity contribution is 0.168. The van der Waals surface area contributed by atoms with Crippen LogP contribution in [-0.2, 0) is 0 Å². The van der Waals surface area contributed by atoms with Gasteiger partial charge >= 0.3 is 0 Å². The van der Waals surface area contributed by atoms with Crippen LogP contribution < -0.4 is 14.8 Å². The highest BCUT2D eigenvalue weighted by Gasteiger charge is 2.16. The number of aliphatic hydroxyl groups is 1. The largest absolute Gasteiger partial charge is 0.454 e. The van der Waals surface area contributed by atoms with Gasteiger partial charge in [-0.1, -0.05) is 13.0 Å². The molecule has 1 aromatic carbocycles. The van der Waals surface area contributed by atoms with Crippen LogP contribution in [0.2, 0.25) is 0 Å². The molecule has 2 unspecified atom stereocenters. The van der Waals surface area contributed by atoms with Gasteiger partial charge in [0.1, 0.15) is 0 Å². The number of thioether (sulfide) groups is 1. The number of fused-ring (bicyclic) bond motifs is 1. The molecule has 0 amide bonds. The van der Waals surface area contributed by atoms with Crippen molar-refractivity contribution in [2.24, 2.45) is 0 Å². The molecule has 20 heavy (non-hydrogen) atoms. The van der Waals surface area contributed by atoms with E-state index in [0.717, 1.165) is 29.2 Å². The first kappa shape index (κ1) is 15.5. The third-order valence-corrected chi connectivity index (χ3v) is 4.27. The molecule has 1 aliphatic heterocycles. The minimum atomic E-state index is -0.522. The van der Waals surface area contributed by atoms with Crippen molar-refractivity contribution in [2.45, 2.75) is 32.4 Å². The van der Waals surface area contributed by atoms with Crippen LogP contribution in [0.25, 0.3) is 0 Å². The maximum atomic E-state index is 10.2. The van der Waals surface area contributed by atoms with Gasteiger partial charge in [-0.25, -0.2) is 0 Å². The zero-order chi connectivity index (χ0) is 14.4. The molecule has 0 aromatic heterocycles. The summed E-state index contributed by atoms with van der Waals surface area (Å²) in [5.41, 5.74) is 0.858. The fourth-order valence-electron chi connectivity index (χ4n) is 2.06. The van der Waals surface area contributed by atoms with Crippen molar-refractivity contribution in [3.05, 3.63) is 23.8 Å². The lowest BCUT2D eigenvalue weighted by atomic mass is 10.1. The second-order valence-electron chi connectivity index (χ2n) is 4.92. The molecule has 0 radical (unpaired) electrons. The van der Waals surface area contributed by atoms with Gasteiger partial charge in [0.05, 0.1) is 6.10 Å². The summed E-state index contributed by atoms with van der Waals surface area (Å²) in [7, 11) is 0. The maximum absolute atomic E-state index is 10.2. The van der Waals surface area contributed by atoms with E-state index in [0.29, 0.717) is 18.3 Å². The first-order valence-corrected chi connectivity index (χ1v) is 8.25. The number of aliphatic hydroxyl groups excluding tert-OH is 1. The van der Waals surface area contributed by atoms with E-state index in [1.54, 1.807) is 0 Å². The van der Waals surface area contributed by atoms with Gasteiger partial charge in [0, 0.05) is 12.6 Å². The highest BCUT2D eigenvalue weighted by atomic mass is 32.2. The van der Waals surface area contributed by atoms with Crippen LogP contribution in [0.15, 0.2) is 18.2 Å². The second kappa shape index (κ2) is 7.76. The summed E-state index contributed by atoms with van der Waals surface area (Å²) in [6.07, 6.45) is 0.595. The van der Waals surface area contributed by atoms with Crippen molar-refractivity contribution in [3.8, 4) is 11.5 Å². The van der Waals surface area contributed by atoms with Crippen LogP contribution in [0, 0.1) is 0 Å². The Labute approximate surface area is 124 Å². The lowest BCUT2D eigenvalue weighted by Crippen LogP contribution is -2.30. The van der Waals surface area contributed by atoms with Crippen LogP contribution in [0.1, 0.15) is 31.9 Å². The monoisotopic (exact) mass is 297 g/mol. The summed E-state index contributed by atoms with van der Waals surface area (Å²) in [4.78, 5) is 0.